The Morgan fingerprint density at radius 2 is 0.711 bits per heavy atom. The van der Waals surface area contributed by atoms with Crippen molar-refractivity contribution in [3.63, 3.8) is 0 Å². The smallest absolute Gasteiger partial charge is 0.0541 e. The minimum Gasteiger partial charge on any atom is -0.309 e. The van der Waals surface area contributed by atoms with Crippen molar-refractivity contribution in [2.24, 2.45) is 0 Å². The van der Waals surface area contributed by atoms with E-state index in [1.165, 1.54) is 144 Å². The van der Waals surface area contributed by atoms with Crippen LogP contribution in [0.3, 0.4) is 0 Å². The largest absolute Gasteiger partial charge is 0.309 e. The molecule has 0 radical (unpaired) electrons. The molecule has 0 bridgehead atoms. The number of hydrogen-bond acceptors (Lipinski definition) is 0. The van der Waals surface area contributed by atoms with Crippen LogP contribution in [0.2, 0.25) is 0 Å². The summed E-state index contributed by atoms with van der Waals surface area (Å²) in [6.45, 7) is 9.67. The molecule has 0 saturated carbocycles. The van der Waals surface area contributed by atoms with Gasteiger partial charge in [0.15, 0.2) is 0 Å². The average molecular weight is 971 g/mol. The Bertz CT molecular complexity index is 4530. The average Bonchev–Trinajstić information content (AvgIpc) is 4.20. The Kier molecular flexibility index (Phi) is 9.69. The second kappa shape index (κ2) is 16.6. The lowest BCUT2D eigenvalue weighted by Gasteiger charge is -2.24. The third kappa shape index (κ3) is 6.66. The molecule has 76 heavy (non-hydrogen) atoms. The van der Waals surface area contributed by atoms with E-state index in [0.29, 0.717) is 0 Å². The number of hydrogen-bond donors (Lipinski definition) is 0. The fourth-order valence-electron chi connectivity index (χ4n) is 13.2. The highest BCUT2D eigenvalue weighted by Crippen LogP contribution is 2.57. The lowest BCUT2D eigenvalue weighted by Crippen LogP contribution is -2.17. The second-order valence-corrected chi connectivity index (χ2v) is 22.1. The first-order chi connectivity index (χ1) is 37.2. The summed E-state index contributed by atoms with van der Waals surface area (Å²) in [6.07, 6.45) is 2.35. The van der Waals surface area contributed by atoms with E-state index in [1.807, 2.05) is 0 Å². The van der Waals surface area contributed by atoms with Crippen molar-refractivity contribution in [3.8, 4) is 55.9 Å². The number of nitrogens with zero attached hydrogens (tertiary/aromatic N) is 2. The van der Waals surface area contributed by atoms with E-state index in [9.17, 15) is 0 Å². The van der Waals surface area contributed by atoms with Gasteiger partial charge >= 0.3 is 0 Å². The van der Waals surface area contributed by atoms with Crippen molar-refractivity contribution in [1.82, 2.24) is 9.13 Å². The lowest BCUT2D eigenvalue weighted by atomic mass is 9.79. The van der Waals surface area contributed by atoms with Gasteiger partial charge in [0, 0.05) is 43.7 Å². The summed E-state index contributed by atoms with van der Waals surface area (Å²) in [5.74, 6) is 0. The quantitative estimate of drug-likeness (QED) is 0.141. The molecule has 2 nitrogen and oxygen atoms in total. The molecule has 0 N–H and O–H groups in total. The van der Waals surface area contributed by atoms with Crippen LogP contribution in [0.15, 0.2) is 249 Å². The maximum absolute atomic E-state index is 2.53. The molecule has 2 heteroatoms. The molecule has 0 spiro atoms. The van der Waals surface area contributed by atoms with Gasteiger partial charge in [-0.05, 0) is 180 Å². The van der Waals surface area contributed by atoms with Gasteiger partial charge in [-0.1, -0.05) is 191 Å². The standard InChI is InChI=1S/C74H54N2/c1-73(2)65-43-51(48-30-28-47(29-31-48)40-60(49-18-8-5-9-19-49)53-35-39-72-64(42-53)59-25-15-17-27-70(59)76(72)55-22-12-7-13-23-55)32-36-56(65)61-45-68-62(46-67(61)73)57-37-33-52(44-66(57)74(68,3)4)50-34-38-71-63(41-50)58-24-14-16-26-69(58)75(71)54-20-10-6-11-21-54/h5-46H,1-4H3/b60-40+. The maximum atomic E-state index is 2.53. The van der Waals surface area contributed by atoms with Crippen molar-refractivity contribution < 1.29 is 0 Å². The minimum atomic E-state index is -0.168. The van der Waals surface area contributed by atoms with Crippen LogP contribution in [0.25, 0.3) is 111 Å². The molecule has 0 atom stereocenters. The van der Waals surface area contributed by atoms with Gasteiger partial charge in [-0.25, -0.2) is 0 Å². The predicted octanol–water partition coefficient (Wildman–Crippen LogP) is 19.4. The maximum Gasteiger partial charge on any atom is 0.0541 e. The Morgan fingerprint density at radius 1 is 0.303 bits per heavy atom. The van der Waals surface area contributed by atoms with Gasteiger partial charge in [-0.3, -0.25) is 0 Å². The molecule has 0 aliphatic heterocycles. The van der Waals surface area contributed by atoms with E-state index in [4.69, 9.17) is 0 Å². The zero-order valence-electron chi connectivity index (χ0n) is 43.1. The summed E-state index contributed by atoms with van der Waals surface area (Å²) in [7, 11) is 0. The summed E-state index contributed by atoms with van der Waals surface area (Å²) in [6, 6.07) is 92.4. The first-order valence-corrected chi connectivity index (χ1v) is 26.7. The topological polar surface area (TPSA) is 9.86 Å². The molecule has 0 unspecified atom stereocenters. The summed E-state index contributed by atoms with van der Waals surface area (Å²) in [5, 5.41) is 5.05. The molecule has 2 aliphatic carbocycles. The van der Waals surface area contributed by atoms with Crippen LogP contribution in [0.1, 0.15) is 66.6 Å². The van der Waals surface area contributed by atoms with Gasteiger partial charge in [0.1, 0.15) is 0 Å². The molecule has 2 heterocycles. The molecule has 0 amide bonds. The Labute approximate surface area is 444 Å². The number of rotatable bonds is 7. The van der Waals surface area contributed by atoms with Gasteiger partial charge in [0.25, 0.3) is 0 Å². The third-order valence-corrected chi connectivity index (χ3v) is 17.1. The predicted molar refractivity (Wildman–Crippen MR) is 321 cm³/mol. The highest BCUT2D eigenvalue weighted by atomic mass is 15.0. The fourth-order valence-corrected chi connectivity index (χ4v) is 13.2. The number of para-hydroxylation sites is 4. The highest BCUT2D eigenvalue weighted by molar-refractivity contribution is 6.12. The first-order valence-electron chi connectivity index (χ1n) is 26.7. The molecular formula is C74H54N2. The van der Waals surface area contributed by atoms with Crippen molar-refractivity contribution >= 4 is 55.3 Å². The zero-order valence-corrected chi connectivity index (χ0v) is 43.1. The van der Waals surface area contributed by atoms with Crippen LogP contribution >= 0.6 is 0 Å². The van der Waals surface area contributed by atoms with Gasteiger partial charge in [-0.2, -0.15) is 0 Å². The van der Waals surface area contributed by atoms with E-state index in [2.05, 4.69) is 292 Å². The molecule has 15 rings (SSSR count). The van der Waals surface area contributed by atoms with E-state index in [-0.39, 0.29) is 10.8 Å². The highest BCUT2D eigenvalue weighted by Gasteiger charge is 2.42. The van der Waals surface area contributed by atoms with E-state index in [0.717, 1.165) is 0 Å². The normalized spacial score (nSPS) is 14.1. The van der Waals surface area contributed by atoms with Crippen molar-refractivity contribution in [1.29, 1.82) is 0 Å². The molecule has 2 aromatic heterocycles. The third-order valence-electron chi connectivity index (χ3n) is 17.1. The van der Waals surface area contributed by atoms with Crippen LogP contribution in [0.4, 0.5) is 0 Å². The summed E-state index contributed by atoms with van der Waals surface area (Å²) < 4.78 is 4.77. The monoisotopic (exact) mass is 970 g/mol. The molecule has 13 aromatic rings. The van der Waals surface area contributed by atoms with Crippen LogP contribution in [0.5, 0.6) is 0 Å². The molecule has 2 aliphatic rings. The first kappa shape index (κ1) is 44.3. The van der Waals surface area contributed by atoms with Gasteiger partial charge < -0.3 is 9.13 Å². The number of aromatic nitrogens is 2. The Morgan fingerprint density at radius 3 is 1.26 bits per heavy atom. The zero-order chi connectivity index (χ0) is 50.9. The SMILES string of the molecule is CC1(C)c2cc(-c3ccc(/C=C(\c4ccccc4)c4ccc5c(c4)c4ccccc4n5-c4ccccc4)cc3)ccc2-c2cc3c(cc21)-c1ccc(-c2ccc4c(c2)c2ccccc2n4-c2ccccc2)cc1C3(C)C. The molecule has 11 aromatic carbocycles. The van der Waals surface area contributed by atoms with Gasteiger partial charge in [-0.15, -0.1) is 0 Å². The molecular weight excluding hydrogens is 917 g/mol. The van der Waals surface area contributed by atoms with Crippen LogP contribution in [-0.2, 0) is 10.8 Å². The van der Waals surface area contributed by atoms with Gasteiger partial charge in [0.2, 0.25) is 0 Å². The lowest BCUT2D eigenvalue weighted by molar-refractivity contribution is 0.652. The summed E-state index contributed by atoms with van der Waals surface area (Å²) >= 11 is 0. The van der Waals surface area contributed by atoms with Crippen LogP contribution in [0, 0.1) is 0 Å². The van der Waals surface area contributed by atoms with E-state index >= 15 is 0 Å². The Hall–Kier alpha value is -9.24. The fraction of sp³-hybridized carbons (Fsp3) is 0.0811. The second-order valence-electron chi connectivity index (χ2n) is 22.1. The van der Waals surface area contributed by atoms with Crippen LogP contribution < -0.4 is 0 Å². The summed E-state index contributed by atoms with van der Waals surface area (Å²) in [5.41, 5.74) is 27.6. The number of benzene rings is 11. The van der Waals surface area contributed by atoms with Crippen molar-refractivity contribution in [3.05, 3.63) is 288 Å². The summed E-state index contributed by atoms with van der Waals surface area (Å²) in [4.78, 5) is 0. The van der Waals surface area contributed by atoms with E-state index < -0.39 is 0 Å². The van der Waals surface area contributed by atoms with Crippen LogP contribution in [-0.4, -0.2) is 9.13 Å². The molecule has 0 fully saturated rings. The number of fused-ring (bicyclic) bond motifs is 12. The minimum absolute atomic E-state index is 0.165. The molecule has 360 valence electrons. The van der Waals surface area contributed by atoms with Gasteiger partial charge in [0.05, 0.1) is 22.1 Å². The molecule has 0 saturated heterocycles. The van der Waals surface area contributed by atoms with E-state index in [1.54, 1.807) is 0 Å². The van der Waals surface area contributed by atoms with Crippen molar-refractivity contribution in [2.45, 2.75) is 38.5 Å². The van der Waals surface area contributed by atoms with Crippen molar-refractivity contribution in [2.75, 3.05) is 0 Å². The Balaban J connectivity index is 0.748.